The van der Waals surface area contributed by atoms with Gasteiger partial charge >= 0.3 is 6.03 Å². The molecule has 0 aliphatic rings. The van der Waals surface area contributed by atoms with E-state index in [0.717, 1.165) is 29.5 Å². The number of rotatable bonds is 6. The van der Waals surface area contributed by atoms with Crippen LogP contribution in [-0.2, 0) is 13.0 Å². The zero-order valence-electron chi connectivity index (χ0n) is 13.7. The number of nitrogens with zero attached hydrogens (tertiary/aromatic N) is 1. The molecule has 1 atom stereocenters. The van der Waals surface area contributed by atoms with E-state index in [0.29, 0.717) is 6.54 Å². The Morgan fingerprint density at radius 1 is 1.12 bits per heavy atom. The lowest BCUT2D eigenvalue weighted by atomic mass is 10.1. The van der Waals surface area contributed by atoms with E-state index < -0.39 is 0 Å². The second kappa shape index (κ2) is 7.64. The second-order valence-corrected chi connectivity index (χ2v) is 5.88. The summed E-state index contributed by atoms with van der Waals surface area (Å²) in [5.41, 5.74) is 2.74. The number of hydrogen-bond donors (Lipinski definition) is 2. The Balaban J connectivity index is 1.45. The molecule has 1 heterocycles. The molecular formula is C19H21N3O2. The third-order valence-electron chi connectivity index (χ3n) is 3.95. The normalized spacial score (nSPS) is 12.0. The van der Waals surface area contributed by atoms with Crippen molar-refractivity contribution in [1.82, 2.24) is 15.8 Å². The highest BCUT2D eigenvalue weighted by Gasteiger charge is 2.10. The van der Waals surface area contributed by atoms with Gasteiger partial charge in [-0.1, -0.05) is 47.6 Å². The molecule has 0 spiro atoms. The van der Waals surface area contributed by atoms with Crippen LogP contribution in [0.3, 0.4) is 0 Å². The van der Waals surface area contributed by atoms with Crippen molar-refractivity contribution in [3.63, 3.8) is 0 Å². The number of para-hydroxylation sites is 1. The molecule has 2 aromatic carbocycles. The monoisotopic (exact) mass is 323 g/mol. The highest BCUT2D eigenvalue weighted by molar-refractivity contribution is 5.80. The van der Waals surface area contributed by atoms with E-state index >= 15 is 0 Å². The average Bonchev–Trinajstić information content (AvgIpc) is 3.02. The third-order valence-corrected chi connectivity index (χ3v) is 3.95. The van der Waals surface area contributed by atoms with Crippen LogP contribution >= 0.6 is 0 Å². The predicted molar refractivity (Wildman–Crippen MR) is 93.6 cm³/mol. The number of hydrogen-bond acceptors (Lipinski definition) is 3. The van der Waals surface area contributed by atoms with Gasteiger partial charge in [0.1, 0.15) is 5.69 Å². The van der Waals surface area contributed by atoms with Crippen LogP contribution in [0.4, 0.5) is 4.79 Å². The summed E-state index contributed by atoms with van der Waals surface area (Å²) in [6.07, 6.45) is 1.83. The average molecular weight is 323 g/mol. The fourth-order valence-electron chi connectivity index (χ4n) is 2.60. The topological polar surface area (TPSA) is 67.2 Å². The van der Waals surface area contributed by atoms with Gasteiger partial charge in [0.15, 0.2) is 5.58 Å². The molecule has 124 valence electrons. The lowest BCUT2D eigenvalue weighted by Gasteiger charge is -2.14. The maximum absolute atomic E-state index is 12.0. The number of amides is 2. The molecule has 0 aliphatic carbocycles. The molecule has 5 heteroatoms. The fourth-order valence-corrected chi connectivity index (χ4v) is 2.60. The molecule has 1 unspecified atom stereocenters. The summed E-state index contributed by atoms with van der Waals surface area (Å²) in [7, 11) is 0. The maximum atomic E-state index is 12.0. The first kappa shape index (κ1) is 16.1. The van der Waals surface area contributed by atoms with Crippen LogP contribution < -0.4 is 10.6 Å². The van der Waals surface area contributed by atoms with Crippen LogP contribution in [0.1, 0.15) is 24.6 Å². The number of aromatic nitrogens is 1. The van der Waals surface area contributed by atoms with Crippen LogP contribution in [0.25, 0.3) is 11.0 Å². The van der Waals surface area contributed by atoms with Gasteiger partial charge < -0.3 is 15.2 Å². The van der Waals surface area contributed by atoms with Gasteiger partial charge in [-0.2, -0.15) is 0 Å². The molecule has 2 N–H and O–H groups in total. The fraction of sp³-hybridized carbons (Fsp3) is 0.263. The number of urea groups is 1. The predicted octanol–water partition coefficient (Wildman–Crippen LogP) is 3.65. The molecule has 0 saturated carbocycles. The summed E-state index contributed by atoms with van der Waals surface area (Å²) < 4.78 is 5.23. The van der Waals surface area contributed by atoms with Gasteiger partial charge in [0.05, 0.1) is 6.54 Å². The van der Waals surface area contributed by atoms with Crippen molar-refractivity contribution in [2.45, 2.75) is 32.4 Å². The van der Waals surface area contributed by atoms with E-state index in [-0.39, 0.29) is 12.1 Å². The summed E-state index contributed by atoms with van der Waals surface area (Å²) >= 11 is 0. The molecule has 24 heavy (non-hydrogen) atoms. The minimum absolute atomic E-state index is 0.0965. The zero-order chi connectivity index (χ0) is 16.8. The van der Waals surface area contributed by atoms with Crippen molar-refractivity contribution < 1.29 is 9.32 Å². The Morgan fingerprint density at radius 3 is 2.71 bits per heavy atom. The minimum Gasteiger partial charge on any atom is -0.356 e. The highest BCUT2D eigenvalue weighted by atomic mass is 16.5. The molecule has 0 saturated heterocycles. The van der Waals surface area contributed by atoms with Crippen molar-refractivity contribution in [3.05, 3.63) is 65.9 Å². The standard InChI is InChI=1S/C19H21N3O2/c1-14(11-12-15-7-3-2-4-8-15)21-19(23)20-13-17-16-9-5-6-10-18(16)24-22-17/h2-10,14H,11-13H2,1H3,(H2,20,21,23). The molecule has 0 bridgehead atoms. The van der Waals surface area contributed by atoms with E-state index in [9.17, 15) is 4.79 Å². The number of aryl methyl sites for hydroxylation is 1. The van der Waals surface area contributed by atoms with Gasteiger partial charge in [-0.05, 0) is 37.5 Å². The Hall–Kier alpha value is -2.82. The van der Waals surface area contributed by atoms with Crippen LogP contribution in [0.5, 0.6) is 0 Å². The van der Waals surface area contributed by atoms with E-state index in [4.69, 9.17) is 4.52 Å². The van der Waals surface area contributed by atoms with E-state index in [1.807, 2.05) is 49.4 Å². The van der Waals surface area contributed by atoms with E-state index in [1.165, 1.54) is 5.56 Å². The van der Waals surface area contributed by atoms with Crippen molar-refractivity contribution in [3.8, 4) is 0 Å². The molecule has 3 rings (SSSR count). The molecule has 2 amide bonds. The van der Waals surface area contributed by atoms with Crippen LogP contribution in [0, 0.1) is 0 Å². The quantitative estimate of drug-likeness (QED) is 0.727. The Bertz CT molecular complexity index is 798. The van der Waals surface area contributed by atoms with E-state index in [2.05, 4.69) is 27.9 Å². The molecule has 1 aromatic heterocycles. The summed E-state index contributed by atoms with van der Waals surface area (Å²) in [5.74, 6) is 0. The lowest BCUT2D eigenvalue weighted by molar-refractivity contribution is 0.236. The molecule has 3 aromatic rings. The summed E-state index contributed by atoms with van der Waals surface area (Å²) in [5, 5.41) is 10.7. The second-order valence-electron chi connectivity index (χ2n) is 5.88. The zero-order valence-corrected chi connectivity index (χ0v) is 13.7. The molecule has 0 radical (unpaired) electrons. The van der Waals surface area contributed by atoms with Crippen molar-refractivity contribution in [2.24, 2.45) is 0 Å². The Kier molecular flexibility index (Phi) is 5.11. The van der Waals surface area contributed by atoms with E-state index in [1.54, 1.807) is 0 Å². The number of carbonyl (C=O) groups excluding carboxylic acids is 1. The Labute approximate surface area is 141 Å². The van der Waals surface area contributed by atoms with Gasteiger partial charge in [0.25, 0.3) is 0 Å². The highest BCUT2D eigenvalue weighted by Crippen LogP contribution is 2.17. The minimum atomic E-state index is -0.192. The molecule has 5 nitrogen and oxygen atoms in total. The van der Waals surface area contributed by atoms with Crippen molar-refractivity contribution in [1.29, 1.82) is 0 Å². The Morgan fingerprint density at radius 2 is 1.88 bits per heavy atom. The molecular weight excluding hydrogens is 302 g/mol. The summed E-state index contributed by atoms with van der Waals surface area (Å²) in [6.45, 7) is 2.35. The maximum Gasteiger partial charge on any atom is 0.315 e. The molecule has 0 aliphatic heterocycles. The number of fused-ring (bicyclic) bond motifs is 1. The lowest BCUT2D eigenvalue weighted by Crippen LogP contribution is -2.40. The summed E-state index contributed by atoms with van der Waals surface area (Å²) in [6, 6.07) is 17.8. The van der Waals surface area contributed by atoms with Gasteiger partial charge in [-0.3, -0.25) is 0 Å². The first-order valence-corrected chi connectivity index (χ1v) is 8.14. The number of carbonyl (C=O) groups is 1. The van der Waals surface area contributed by atoms with Crippen molar-refractivity contribution >= 4 is 17.0 Å². The molecule has 0 fully saturated rings. The third kappa shape index (κ3) is 4.13. The smallest absolute Gasteiger partial charge is 0.315 e. The first-order chi connectivity index (χ1) is 11.7. The SMILES string of the molecule is CC(CCc1ccccc1)NC(=O)NCc1noc2ccccc12. The van der Waals surface area contributed by atoms with Gasteiger partial charge in [-0.15, -0.1) is 0 Å². The van der Waals surface area contributed by atoms with Gasteiger partial charge in [0, 0.05) is 11.4 Å². The number of nitrogens with one attached hydrogen (secondary N) is 2. The van der Waals surface area contributed by atoms with Gasteiger partial charge in [0.2, 0.25) is 0 Å². The summed E-state index contributed by atoms with van der Waals surface area (Å²) in [4.78, 5) is 12.0. The first-order valence-electron chi connectivity index (χ1n) is 8.14. The van der Waals surface area contributed by atoms with Gasteiger partial charge in [-0.25, -0.2) is 4.79 Å². The van der Waals surface area contributed by atoms with Crippen LogP contribution in [0.2, 0.25) is 0 Å². The van der Waals surface area contributed by atoms with Crippen LogP contribution in [-0.4, -0.2) is 17.2 Å². The van der Waals surface area contributed by atoms with Crippen LogP contribution in [0.15, 0.2) is 59.1 Å². The largest absolute Gasteiger partial charge is 0.356 e. The number of benzene rings is 2. The van der Waals surface area contributed by atoms with Crippen molar-refractivity contribution in [2.75, 3.05) is 0 Å².